The lowest BCUT2D eigenvalue weighted by atomic mass is 10.1. The van der Waals surface area contributed by atoms with Crippen LogP contribution in [-0.2, 0) is 0 Å². The molecule has 1 aromatic carbocycles. The topological polar surface area (TPSA) is 52.3 Å². The van der Waals surface area contributed by atoms with Crippen LogP contribution in [0.3, 0.4) is 0 Å². The monoisotopic (exact) mass is 269 g/mol. The Morgan fingerprint density at radius 1 is 1.35 bits per heavy atom. The predicted octanol–water partition coefficient (Wildman–Crippen LogP) is 2.19. The highest BCUT2D eigenvalue weighted by molar-refractivity contribution is 5.97. The third-order valence-electron chi connectivity index (χ3n) is 1.74. The van der Waals surface area contributed by atoms with Crippen molar-refractivity contribution in [3.8, 4) is 5.75 Å². The fourth-order valence-electron chi connectivity index (χ4n) is 1.04. The molecule has 0 saturated heterocycles. The third-order valence-corrected chi connectivity index (χ3v) is 1.74. The molecule has 1 aromatic rings. The first-order valence-corrected chi connectivity index (χ1v) is 4.45. The van der Waals surface area contributed by atoms with Gasteiger partial charge in [0.05, 0.1) is 6.54 Å². The second-order valence-corrected chi connectivity index (χ2v) is 3.06. The van der Waals surface area contributed by atoms with E-state index in [1.165, 1.54) is 24.3 Å². The molecule has 0 bridgehead atoms. The van der Waals surface area contributed by atoms with Crippen molar-refractivity contribution < 1.29 is 22.7 Å². The number of halogens is 4. The molecule has 0 aliphatic heterocycles. The second kappa shape index (κ2) is 6.46. The fraction of sp³-hybridized carbons (Fsp3) is 0.300. The van der Waals surface area contributed by atoms with Crippen molar-refractivity contribution in [3.63, 3.8) is 0 Å². The summed E-state index contributed by atoms with van der Waals surface area (Å²) in [5.41, 5.74) is 5.37. The Labute approximate surface area is 102 Å². The van der Waals surface area contributed by atoms with Gasteiger partial charge in [0.2, 0.25) is 0 Å². The maximum absolute atomic E-state index is 11.9. The Morgan fingerprint density at radius 2 is 2.00 bits per heavy atom. The first-order chi connectivity index (χ1) is 7.42. The maximum atomic E-state index is 11.9. The number of benzene rings is 1. The number of hydrogen-bond donors (Lipinski definition) is 1. The van der Waals surface area contributed by atoms with E-state index >= 15 is 0 Å². The number of ketones is 1. The van der Waals surface area contributed by atoms with Gasteiger partial charge < -0.3 is 10.5 Å². The van der Waals surface area contributed by atoms with Gasteiger partial charge in [-0.3, -0.25) is 4.79 Å². The SMILES string of the molecule is Cl.NCC(=O)c1cccc(OCC(F)(F)F)c1. The number of Topliss-reactive ketones (excluding diaryl/α,β-unsaturated/α-hetero) is 1. The van der Waals surface area contributed by atoms with Crippen LogP contribution in [0.1, 0.15) is 10.4 Å². The summed E-state index contributed by atoms with van der Waals surface area (Å²) in [5.74, 6) is -0.353. The smallest absolute Gasteiger partial charge is 0.422 e. The minimum absolute atomic E-state index is 0. The van der Waals surface area contributed by atoms with Crippen LogP contribution in [0.15, 0.2) is 24.3 Å². The summed E-state index contributed by atoms with van der Waals surface area (Å²) in [6, 6.07) is 5.49. The molecule has 0 amide bonds. The summed E-state index contributed by atoms with van der Waals surface area (Å²) in [7, 11) is 0. The molecular weight excluding hydrogens is 259 g/mol. The maximum Gasteiger partial charge on any atom is 0.422 e. The lowest BCUT2D eigenvalue weighted by molar-refractivity contribution is -0.153. The van der Waals surface area contributed by atoms with Crippen LogP contribution < -0.4 is 10.5 Å². The molecule has 1 rings (SSSR count). The molecule has 0 atom stereocenters. The highest BCUT2D eigenvalue weighted by Crippen LogP contribution is 2.19. The minimum Gasteiger partial charge on any atom is -0.484 e. The summed E-state index contributed by atoms with van der Waals surface area (Å²) in [5, 5.41) is 0. The van der Waals surface area contributed by atoms with E-state index in [1.807, 2.05) is 0 Å². The first kappa shape index (κ1) is 15.7. The molecule has 3 nitrogen and oxygen atoms in total. The third kappa shape index (κ3) is 5.55. The van der Waals surface area contributed by atoms with Crippen LogP contribution in [0, 0.1) is 0 Å². The average Bonchev–Trinajstić information content (AvgIpc) is 2.25. The molecular formula is C10H11ClF3NO2. The van der Waals surface area contributed by atoms with Crippen LogP contribution in [0.25, 0.3) is 0 Å². The molecule has 0 unspecified atom stereocenters. The fourth-order valence-corrected chi connectivity index (χ4v) is 1.04. The number of alkyl halides is 3. The number of ether oxygens (including phenoxy) is 1. The van der Waals surface area contributed by atoms with Crippen molar-refractivity contribution in [2.75, 3.05) is 13.2 Å². The normalized spacial score (nSPS) is 10.6. The molecule has 0 saturated carbocycles. The van der Waals surface area contributed by atoms with Crippen LogP contribution >= 0.6 is 12.4 Å². The zero-order valence-electron chi connectivity index (χ0n) is 8.66. The van der Waals surface area contributed by atoms with Crippen molar-refractivity contribution in [2.24, 2.45) is 5.73 Å². The van der Waals surface area contributed by atoms with E-state index in [0.29, 0.717) is 0 Å². The zero-order valence-corrected chi connectivity index (χ0v) is 9.48. The van der Waals surface area contributed by atoms with E-state index in [2.05, 4.69) is 4.74 Å². The van der Waals surface area contributed by atoms with E-state index in [0.717, 1.165) is 0 Å². The predicted molar refractivity (Wildman–Crippen MR) is 58.6 cm³/mol. The standard InChI is InChI=1S/C10H10F3NO2.ClH/c11-10(12,13)6-16-8-3-1-2-7(4-8)9(15)5-14;/h1-4H,5-6,14H2;1H. The van der Waals surface area contributed by atoms with Gasteiger partial charge in [0.25, 0.3) is 0 Å². The van der Waals surface area contributed by atoms with Crippen molar-refractivity contribution >= 4 is 18.2 Å². The highest BCUT2D eigenvalue weighted by Gasteiger charge is 2.28. The summed E-state index contributed by atoms with van der Waals surface area (Å²) in [4.78, 5) is 11.2. The lowest BCUT2D eigenvalue weighted by Crippen LogP contribution is -2.19. The van der Waals surface area contributed by atoms with Gasteiger partial charge in [0.1, 0.15) is 5.75 Å². The van der Waals surface area contributed by atoms with Gasteiger partial charge in [0, 0.05) is 5.56 Å². The van der Waals surface area contributed by atoms with E-state index in [9.17, 15) is 18.0 Å². The van der Waals surface area contributed by atoms with Crippen molar-refractivity contribution in [3.05, 3.63) is 29.8 Å². The van der Waals surface area contributed by atoms with Gasteiger partial charge in [-0.2, -0.15) is 13.2 Å². The van der Waals surface area contributed by atoms with E-state index in [1.54, 1.807) is 0 Å². The molecule has 0 spiro atoms. The minimum atomic E-state index is -4.39. The molecule has 2 N–H and O–H groups in total. The molecule has 0 aromatic heterocycles. The lowest BCUT2D eigenvalue weighted by Gasteiger charge is -2.09. The average molecular weight is 270 g/mol. The Kier molecular flexibility index (Phi) is 5.98. The summed E-state index contributed by atoms with van der Waals surface area (Å²) < 4.78 is 40.1. The molecule has 0 fully saturated rings. The number of rotatable bonds is 4. The summed E-state index contributed by atoms with van der Waals surface area (Å²) >= 11 is 0. The molecule has 0 radical (unpaired) electrons. The summed E-state index contributed by atoms with van der Waals surface area (Å²) in [6.45, 7) is -1.57. The Bertz CT molecular complexity index is 382. The van der Waals surface area contributed by atoms with Crippen LogP contribution in [0.2, 0.25) is 0 Å². The largest absolute Gasteiger partial charge is 0.484 e. The molecule has 0 heterocycles. The number of carbonyl (C=O) groups excluding carboxylic acids is 1. The van der Waals surface area contributed by atoms with Gasteiger partial charge in [-0.05, 0) is 12.1 Å². The quantitative estimate of drug-likeness (QED) is 0.853. The van der Waals surface area contributed by atoms with Gasteiger partial charge in [-0.1, -0.05) is 12.1 Å². The van der Waals surface area contributed by atoms with Crippen LogP contribution in [-0.4, -0.2) is 25.1 Å². The molecule has 17 heavy (non-hydrogen) atoms. The van der Waals surface area contributed by atoms with E-state index in [4.69, 9.17) is 5.73 Å². The van der Waals surface area contributed by atoms with Gasteiger partial charge >= 0.3 is 6.18 Å². The molecule has 96 valence electrons. The van der Waals surface area contributed by atoms with Gasteiger partial charge in [-0.15, -0.1) is 12.4 Å². The molecule has 0 aliphatic rings. The first-order valence-electron chi connectivity index (χ1n) is 4.45. The Morgan fingerprint density at radius 3 is 2.53 bits per heavy atom. The van der Waals surface area contributed by atoms with E-state index < -0.39 is 12.8 Å². The Hall–Kier alpha value is -1.27. The van der Waals surface area contributed by atoms with Crippen molar-refractivity contribution in [1.29, 1.82) is 0 Å². The molecule has 7 heteroatoms. The van der Waals surface area contributed by atoms with E-state index in [-0.39, 0.29) is 36.0 Å². The number of carbonyl (C=O) groups is 1. The Balaban J connectivity index is 0.00000256. The van der Waals surface area contributed by atoms with Crippen LogP contribution in [0.4, 0.5) is 13.2 Å². The van der Waals surface area contributed by atoms with Crippen molar-refractivity contribution in [1.82, 2.24) is 0 Å². The van der Waals surface area contributed by atoms with Crippen molar-refractivity contribution in [2.45, 2.75) is 6.18 Å². The summed E-state index contributed by atoms with van der Waals surface area (Å²) in [6.07, 6.45) is -4.39. The second-order valence-electron chi connectivity index (χ2n) is 3.06. The van der Waals surface area contributed by atoms with Gasteiger partial charge in [0.15, 0.2) is 12.4 Å². The highest BCUT2D eigenvalue weighted by atomic mass is 35.5. The molecule has 0 aliphatic carbocycles. The zero-order chi connectivity index (χ0) is 12.2. The number of hydrogen-bond acceptors (Lipinski definition) is 3. The van der Waals surface area contributed by atoms with Gasteiger partial charge in [-0.25, -0.2) is 0 Å². The number of nitrogens with two attached hydrogens (primary N) is 1. The van der Waals surface area contributed by atoms with Crippen LogP contribution in [0.5, 0.6) is 5.75 Å².